The fourth-order valence-corrected chi connectivity index (χ4v) is 4.08. The van der Waals surface area contributed by atoms with Gasteiger partial charge in [0.2, 0.25) is 0 Å². The molecule has 0 saturated carbocycles. The van der Waals surface area contributed by atoms with Crippen molar-refractivity contribution >= 4 is 23.0 Å². The molecule has 2 heterocycles. The van der Waals surface area contributed by atoms with E-state index in [4.69, 9.17) is 9.47 Å². The number of amidine groups is 1. The smallest absolute Gasteiger partial charge is 0.193 e. The number of carbonyl (C=O) groups is 1. The number of nitrogens with one attached hydrogen (secondary N) is 1. The number of aliphatic imine (C=N–C) groups is 1. The molecule has 0 unspecified atom stereocenters. The molecule has 0 aromatic heterocycles. The maximum atomic E-state index is 13.5. The van der Waals surface area contributed by atoms with Crippen molar-refractivity contribution in [2.75, 3.05) is 31.5 Å². The summed E-state index contributed by atoms with van der Waals surface area (Å²) in [5.41, 5.74) is 3.74. The van der Waals surface area contributed by atoms with Gasteiger partial charge >= 0.3 is 0 Å². The monoisotopic (exact) mass is 391 g/mol. The Bertz CT molecular complexity index is 1000. The first-order valence-corrected chi connectivity index (χ1v) is 9.54. The van der Waals surface area contributed by atoms with Crippen LogP contribution >= 0.6 is 0 Å². The van der Waals surface area contributed by atoms with E-state index in [2.05, 4.69) is 16.4 Å². The fraction of sp³-hybridized carbons (Fsp3) is 0.304. The van der Waals surface area contributed by atoms with Gasteiger partial charge in [-0.3, -0.25) is 9.79 Å². The van der Waals surface area contributed by atoms with Crippen LogP contribution in [0.2, 0.25) is 0 Å². The largest absolute Gasteiger partial charge is 0.497 e. The highest BCUT2D eigenvalue weighted by Gasteiger charge is 2.50. The van der Waals surface area contributed by atoms with Crippen LogP contribution in [0.1, 0.15) is 19.4 Å². The number of nitrogens with zero attached hydrogens (tertiary/aromatic N) is 2. The summed E-state index contributed by atoms with van der Waals surface area (Å²) in [5, 5.41) is 3.43. The van der Waals surface area contributed by atoms with Crippen LogP contribution in [-0.4, -0.2) is 38.4 Å². The molecule has 1 fully saturated rings. The Labute approximate surface area is 170 Å². The van der Waals surface area contributed by atoms with Crippen molar-refractivity contribution in [1.29, 1.82) is 0 Å². The van der Waals surface area contributed by atoms with E-state index in [1.54, 1.807) is 21.3 Å². The summed E-state index contributed by atoms with van der Waals surface area (Å²) in [7, 11) is 4.94. The van der Waals surface area contributed by atoms with Gasteiger partial charge in [-0.15, -0.1) is 0 Å². The van der Waals surface area contributed by atoms with Crippen LogP contribution in [0, 0.1) is 0 Å². The molecule has 6 nitrogen and oxygen atoms in total. The lowest BCUT2D eigenvalue weighted by atomic mass is 9.96. The number of ketones is 1. The summed E-state index contributed by atoms with van der Waals surface area (Å²) in [6.45, 7) is 3.84. The van der Waals surface area contributed by atoms with Gasteiger partial charge in [0.1, 0.15) is 22.9 Å². The lowest BCUT2D eigenvalue weighted by Crippen LogP contribution is -2.44. The molecule has 29 heavy (non-hydrogen) atoms. The molecule has 1 N–H and O–H groups in total. The number of Topliss-reactive ketones (excluding diaryl/α,β-unsaturated/α-hetero) is 1. The van der Waals surface area contributed by atoms with Crippen LogP contribution in [-0.2, 0) is 11.2 Å². The maximum absolute atomic E-state index is 13.5. The number of carbonyl (C=O) groups excluding carboxylic acids is 1. The van der Waals surface area contributed by atoms with E-state index in [1.807, 2.05) is 55.1 Å². The number of anilines is 2. The summed E-state index contributed by atoms with van der Waals surface area (Å²) >= 11 is 0. The summed E-state index contributed by atoms with van der Waals surface area (Å²) in [6.07, 6.45) is 0.682. The SMILES string of the molecule is CN=C1C(=C2Cc3ccccc3N2)C(=O)C(C)(C)N1c1cc(OC)cc(OC)c1. The fourth-order valence-electron chi connectivity index (χ4n) is 4.08. The van der Waals surface area contributed by atoms with E-state index >= 15 is 0 Å². The third-order valence-corrected chi connectivity index (χ3v) is 5.56. The van der Waals surface area contributed by atoms with Crippen molar-refractivity contribution in [2.45, 2.75) is 25.8 Å². The van der Waals surface area contributed by atoms with Gasteiger partial charge in [-0.1, -0.05) is 18.2 Å². The molecule has 0 aliphatic carbocycles. The van der Waals surface area contributed by atoms with Gasteiger partial charge < -0.3 is 19.7 Å². The molecule has 2 aromatic carbocycles. The lowest BCUT2D eigenvalue weighted by molar-refractivity contribution is -0.118. The number of benzene rings is 2. The van der Waals surface area contributed by atoms with Crippen LogP contribution in [0.15, 0.2) is 58.7 Å². The Morgan fingerprint density at radius 3 is 2.31 bits per heavy atom. The first kappa shape index (κ1) is 19.1. The summed E-state index contributed by atoms with van der Waals surface area (Å²) < 4.78 is 10.9. The molecular weight excluding hydrogens is 366 g/mol. The third-order valence-electron chi connectivity index (χ3n) is 5.56. The maximum Gasteiger partial charge on any atom is 0.193 e. The van der Waals surface area contributed by atoms with Crippen molar-refractivity contribution in [3.8, 4) is 11.5 Å². The van der Waals surface area contributed by atoms with Gasteiger partial charge in [0.05, 0.1) is 25.5 Å². The van der Waals surface area contributed by atoms with E-state index in [0.29, 0.717) is 29.3 Å². The predicted octanol–water partition coefficient (Wildman–Crippen LogP) is 3.82. The van der Waals surface area contributed by atoms with Crippen molar-refractivity contribution in [3.05, 3.63) is 59.3 Å². The summed E-state index contributed by atoms with van der Waals surface area (Å²) in [4.78, 5) is 20.0. The number of hydrogen-bond acceptors (Lipinski definition) is 5. The Balaban J connectivity index is 1.86. The Kier molecular flexibility index (Phi) is 4.57. The number of hydrogen-bond donors (Lipinski definition) is 1. The molecular formula is C23H25N3O3. The van der Waals surface area contributed by atoms with Gasteiger partial charge in [-0.05, 0) is 25.5 Å². The molecule has 0 spiro atoms. The minimum absolute atomic E-state index is 0.0372. The second-order valence-electron chi connectivity index (χ2n) is 7.65. The van der Waals surface area contributed by atoms with Gasteiger partial charge in [-0.25, -0.2) is 0 Å². The van der Waals surface area contributed by atoms with Crippen molar-refractivity contribution in [3.63, 3.8) is 0 Å². The zero-order valence-corrected chi connectivity index (χ0v) is 17.4. The highest BCUT2D eigenvalue weighted by molar-refractivity contribution is 6.37. The number of para-hydroxylation sites is 1. The highest BCUT2D eigenvalue weighted by Crippen LogP contribution is 2.41. The van der Waals surface area contributed by atoms with Crippen LogP contribution in [0.25, 0.3) is 0 Å². The van der Waals surface area contributed by atoms with E-state index in [0.717, 1.165) is 17.1 Å². The van der Waals surface area contributed by atoms with Crippen LogP contribution in [0.5, 0.6) is 11.5 Å². The Morgan fingerprint density at radius 1 is 1.07 bits per heavy atom. The molecule has 0 amide bonds. The zero-order valence-electron chi connectivity index (χ0n) is 17.4. The second-order valence-corrected chi connectivity index (χ2v) is 7.65. The summed E-state index contributed by atoms with van der Waals surface area (Å²) in [6, 6.07) is 13.7. The molecule has 4 rings (SSSR count). The Hall–Kier alpha value is -3.28. The number of fused-ring (bicyclic) bond motifs is 1. The first-order chi connectivity index (χ1) is 13.9. The molecule has 2 aliphatic rings. The normalized spacial score (nSPS) is 21.3. The van der Waals surface area contributed by atoms with Gasteiger partial charge in [0, 0.05) is 43.1 Å². The average Bonchev–Trinajstić information content (AvgIpc) is 3.23. The topological polar surface area (TPSA) is 63.2 Å². The Morgan fingerprint density at radius 2 is 1.72 bits per heavy atom. The number of allylic oxidation sites excluding steroid dienone is 1. The van der Waals surface area contributed by atoms with Crippen LogP contribution in [0.3, 0.4) is 0 Å². The van der Waals surface area contributed by atoms with E-state index in [-0.39, 0.29) is 5.78 Å². The highest BCUT2D eigenvalue weighted by atomic mass is 16.5. The predicted molar refractivity (Wildman–Crippen MR) is 115 cm³/mol. The van der Waals surface area contributed by atoms with Gasteiger partial charge in [0.15, 0.2) is 5.78 Å². The zero-order chi connectivity index (χ0) is 20.8. The lowest BCUT2D eigenvalue weighted by Gasteiger charge is -2.31. The second kappa shape index (κ2) is 6.95. The molecule has 0 atom stereocenters. The number of rotatable bonds is 3. The summed E-state index contributed by atoms with van der Waals surface area (Å²) in [5.74, 6) is 2.00. The van der Waals surface area contributed by atoms with Crippen molar-refractivity contribution in [1.82, 2.24) is 0 Å². The first-order valence-electron chi connectivity index (χ1n) is 9.54. The minimum atomic E-state index is -0.801. The van der Waals surface area contributed by atoms with Gasteiger partial charge in [0.25, 0.3) is 0 Å². The molecule has 6 heteroatoms. The van der Waals surface area contributed by atoms with Crippen molar-refractivity contribution in [2.24, 2.45) is 4.99 Å². The van der Waals surface area contributed by atoms with E-state index in [9.17, 15) is 4.79 Å². The molecule has 0 radical (unpaired) electrons. The molecule has 150 valence electrons. The third kappa shape index (κ3) is 2.95. The number of methoxy groups -OCH3 is 2. The van der Waals surface area contributed by atoms with Crippen LogP contribution in [0.4, 0.5) is 11.4 Å². The van der Waals surface area contributed by atoms with Gasteiger partial charge in [-0.2, -0.15) is 0 Å². The van der Waals surface area contributed by atoms with E-state index < -0.39 is 5.54 Å². The van der Waals surface area contributed by atoms with E-state index in [1.165, 1.54) is 5.56 Å². The molecule has 2 aliphatic heterocycles. The number of ether oxygens (including phenoxy) is 2. The quantitative estimate of drug-likeness (QED) is 0.806. The standard InChI is InChI=1S/C23H25N3O3/c1-23(2)21(27)20(19-10-14-8-6-7-9-18(14)25-19)22(24-3)26(23)15-11-16(28-4)13-17(12-15)29-5/h6-9,11-13,25H,10H2,1-5H3. The molecule has 0 bridgehead atoms. The molecule has 1 saturated heterocycles. The minimum Gasteiger partial charge on any atom is -0.497 e. The molecule has 2 aromatic rings. The average molecular weight is 391 g/mol. The van der Waals surface area contributed by atoms with Crippen LogP contribution < -0.4 is 19.7 Å². The van der Waals surface area contributed by atoms with Crippen molar-refractivity contribution < 1.29 is 14.3 Å².